The molecule has 1 saturated heterocycles. The van der Waals surface area contributed by atoms with E-state index >= 15 is 0 Å². The SMILES string of the molecule is CC1C2C(CN1C)C2(C)C. The third-order valence-corrected chi connectivity index (χ3v) is 3.84. The summed E-state index contributed by atoms with van der Waals surface area (Å²) in [5, 5.41) is 0. The zero-order valence-electron chi connectivity index (χ0n) is 7.39. The Morgan fingerprint density at radius 2 is 2.00 bits per heavy atom. The predicted octanol–water partition coefficient (Wildman–Crippen LogP) is 1.59. The molecule has 0 N–H and O–H groups in total. The predicted molar refractivity (Wildman–Crippen MR) is 42.9 cm³/mol. The molecule has 0 aromatic carbocycles. The first kappa shape index (κ1) is 6.66. The van der Waals surface area contributed by atoms with Crippen molar-refractivity contribution in [3.05, 3.63) is 0 Å². The van der Waals surface area contributed by atoms with Gasteiger partial charge >= 0.3 is 0 Å². The summed E-state index contributed by atoms with van der Waals surface area (Å²) in [4.78, 5) is 2.49. The first-order valence-electron chi connectivity index (χ1n) is 4.25. The minimum absolute atomic E-state index is 0.673. The molecule has 3 atom stereocenters. The van der Waals surface area contributed by atoms with E-state index in [9.17, 15) is 0 Å². The van der Waals surface area contributed by atoms with Crippen molar-refractivity contribution in [2.45, 2.75) is 26.8 Å². The molecule has 3 unspecified atom stereocenters. The van der Waals surface area contributed by atoms with Crippen LogP contribution in [0, 0.1) is 17.3 Å². The van der Waals surface area contributed by atoms with Crippen LogP contribution >= 0.6 is 0 Å². The minimum atomic E-state index is 0.673. The first-order chi connectivity index (χ1) is 4.55. The monoisotopic (exact) mass is 139 g/mol. The molecule has 1 aliphatic carbocycles. The van der Waals surface area contributed by atoms with E-state index in [1.807, 2.05) is 0 Å². The molecule has 58 valence electrons. The topological polar surface area (TPSA) is 3.24 Å². The van der Waals surface area contributed by atoms with Gasteiger partial charge in [-0.25, -0.2) is 0 Å². The summed E-state index contributed by atoms with van der Waals surface area (Å²) in [6, 6.07) is 0.833. The van der Waals surface area contributed by atoms with E-state index in [1.165, 1.54) is 6.54 Å². The van der Waals surface area contributed by atoms with Crippen molar-refractivity contribution in [1.29, 1.82) is 0 Å². The number of hydrogen-bond donors (Lipinski definition) is 0. The molecular formula is C9H17N. The van der Waals surface area contributed by atoms with Crippen LogP contribution in [0.5, 0.6) is 0 Å². The molecule has 1 aliphatic heterocycles. The third kappa shape index (κ3) is 0.572. The van der Waals surface area contributed by atoms with Crippen molar-refractivity contribution in [3.8, 4) is 0 Å². The van der Waals surface area contributed by atoms with Crippen LogP contribution in [0.15, 0.2) is 0 Å². The van der Waals surface area contributed by atoms with Crippen LogP contribution in [0.2, 0.25) is 0 Å². The molecule has 1 heteroatoms. The van der Waals surface area contributed by atoms with Crippen LogP contribution in [0.3, 0.4) is 0 Å². The second kappa shape index (κ2) is 1.58. The number of hydrogen-bond acceptors (Lipinski definition) is 1. The highest BCUT2D eigenvalue weighted by Crippen LogP contribution is 2.64. The lowest BCUT2D eigenvalue weighted by Crippen LogP contribution is -2.29. The average Bonchev–Trinajstić information content (AvgIpc) is 2.12. The van der Waals surface area contributed by atoms with Crippen LogP contribution in [-0.2, 0) is 0 Å². The minimum Gasteiger partial charge on any atom is -0.303 e. The summed E-state index contributed by atoms with van der Waals surface area (Å²) in [6.07, 6.45) is 0. The van der Waals surface area contributed by atoms with Gasteiger partial charge in [0.2, 0.25) is 0 Å². The zero-order valence-corrected chi connectivity index (χ0v) is 7.39. The zero-order chi connectivity index (χ0) is 7.52. The lowest BCUT2D eigenvalue weighted by molar-refractivity contribution is 0.235. The van der Waals surface area contributed by atoms with Crippen molar-refractivity contribution in [2.75, 3.05) is 13.6 Å². The van der Waals surface area contributed by atoms with Gasteiger partial charge in [-0.2, -0.15) is 0 Å². The largest absolute Gasteiger partial charge is 0.303 e. The summed E-state index contributed by atoms with van der Waals surface area (Å²) in [7, 11) is 2.24. The van der Waals surface area contributed by atoms with E-state index in [1.54, 1.807) is 0 Å². The second-order valence-corrected chi connectivity index (χ2v) is 4.63. The van der Waals surface area contributed by atoms with Gasteiger partial charge in [-0.15, -0.1) is 0 Å². The molecule has 1 nitrogen and oxygen atoms in total. The van der Waals surface area contributed by atoms with Crippen LogP contribution in [-0.4, -0.2) is 24.5 Å². The molecule has 2 rings (SSSR count). The summed E-state index contributed by atoms with van der Waals surface area (Å²) in [5.74, 6) is 2.00. The Bertz CT molecular complexity index is 160. The van der Waals surface area contributed by atoms with Crippen molar-refractivity contribution >= 4 is 0 Å². The maximum absolute atomic E-state index is 2.49. The third-order valence-electron chi connectivity index (χ3n) is 3.84. The molecule has 1 heterocycles. The van der Waals surface area contributed by atoms with Crippen LogP contribution < -0.4 is 0 Å². The van der Waals surface area contributed by atoms with E-state index in [-0.39, 0.29) is 0 Å². The van der Waals surface area contributed by atoms with E-state index in [2.05, 4.69) is 32.7 Å². The van der Waals surface area contributed by atoms with Gasteiger partial charge in [0.05, 0.1) is 0 Å². The molecular weight excluding hydrogens is 122 g/mol. The van der Waals surface area contributed by atoms with Gasteiger partial charge in [0.25, 0.3) is 0 Å². The Kier molecular flexibility index (Phi) is 1.05. The molecule has 0 radical (unpaired) electrons. The fourth-order valence-corrected chi connectivity index (χ4v) is 2.84. The molecule has 0 aromatic rings. The van der Waals surface area contributed by atoms with Crippen molar-refractivity contribution in [3.63, 3.8) is 0 Å². The molecule has 0 spiro atoms. The van der Waals surface area contributed by atoms with Gasteiger partial charge in [-0.05, 0) is 31.2 Å². The molecule has 0 amide bonds. The van der Waals surface area contributed by atoms with E-state index < -0.39 is 0 Å². The Balaban J connectivity index is 2.13. The fourth-order valence-electron chi connectivity index (χ4n) is 2.84. The van der Waals surface area contributed by atoms with Gasteiger partial charge in [-0.3, -0.25) is 0 Å². The molecule has 2 fully saturated rings. The highest BCUT2D eigenvalue weighted by atomic mass is 15.2. The molecule has 10 heavy (non-hydrogen) atoms. The van der Waals surface area contributed by atoms with Crippen molar-refractivity contribution < 1.29 is 0 Å². The summed E-state index contributed by atoms with van der Waals surface area (Å²) in [5.41, 5.74) is 0.673. The van der Waals surface area contributed by atoms with Crippen molar-refractivity contribution in [1.82, 2.24) is 4.90 Å². The van der Waals surface area contributed by atoms with Crippen molar-refractivity contribution in [2.24, 2.45) is 17.3 Å². The normalized spacial score (nSPS) is 51.0. The quantitative estimate of drug-likeness (QED) is 0.492. The van der Waals surface area contributed by atoms with Gasteiger partial charge < -0.3 is 4.90 Å². The standard InChI is InChI=1S/C9H17N/c1-6-8-7(5-10(6)4)9(8,2)3/h6-8H,5H2,1-4H3. The molecule has 1 saturated carbocycles. The van der Waals surface area contributed by atoms with Gasteiger partial charge in [0.1, 0.15) is 0 Å². The summed E-state index contributed by atoms with van der Waals surface area (Å²) >= 11 is 0. The number of fused-ring (bicyclic) bond motifs is 1. The maximum atomic E-state index is 2.49. The molecule has 0 aromatic heterocycles. The second-order valence-electron chi connectivity index (χ2n) is 4.63. The summed E-state index contributed by atoms with van der Waals surface area (Å²) < 4.78 is 0. The van der Waals surface area contributed by atoms with E-state index in [4.69, 9.17) is 0 Å². The van der Waals surface area contributed by atoms with Gasteiger partial charge in [0, 0.05) is 12.6 Å². The summed E-state index contributed by atoms with van der Waals surface area (Å²) in [6.45, 7) is 8.51. The Hall–Kier alpha value is -0.0400. The fraction of sp³-hybridized carbons (Fsp3) is 1.00. The van der Waals surface area contributed by atoms with Gasteiger partial charge in [-0.1, -0.05) is 13.8 Å². The molecule has 2 aliphatic rings. The van der Waals surface area contributed by atoms with Crippen LogP contribution in [0.25, 0.3) is 0 Å². The van der Waals surface area contributed by atoms with E-state index in [0.717, 1.165) is 17.9 Å². The number of nitrogens with zero attached hydrogens (tertiary/aromatic N) is 1. The van der Waals surface area contributed by atoms with Crippen LogP contribution in [0.1, 0.15) is 20.8 Å². The Morgan fingerprint density at radius 3 is 2.30 bits per heavy atom. The number of piperidine rings is 1. The highest BCUT2D eigenvalue weighted by molar-refractivity contribution is 5.14. The molecule has 0 bridgehead atoms. The lowest BCUT2D eigenvalue weighted by atomic mass is 10.0. The number of likely N-dealkylation sites (tertiary alicyclic amines) is 1. The van der Waals surface area contributed by atoms with Crippen LogP contribution in [0.4, 0.5) is 0 Å². The maximum Gasteiger partial charge on any atom is 0.0101 e. The number of rotatable bonds is 0. The Morgan fingerprint density at radius 1 is 1.40 bits per heavy atom. The first-order valence-corrected chi connectivity index (χ1v) is 4.25. The smallest absolute Gasteiger partial charge is 0.0101 e. The Labute approximate surface area is 63.4 Å². The van der Waals surface area contributed by atoms with Gasteiger partial charge in [0.15, 0.2) is 0 Å². The van der Waals surface area contributed by atoms with E-state index in [0.29, 0.717) is 5.41 Å². The highest BCUT2D eigenvalue weighted by Gasteiger charge is 2.64. The lowest BCUT2D eigenvalue weighted by Gasteiger charge is -2.23. The average molecular weight is 139 g/mol.